The van der Waals surface area contributed by atoms with Gasteiger partial charge in [-0.25, -0.2) is 9.18 Å². The molecule has 15 heavy (non-hydrogen) atoms. The molecule has 0 amide bonds. The van der Waals surface area contributed by atoms with E-state index in [1.807, 2.05) is 0 Å². The third kappa shape index (κ3) is 1.37. The van der Waals surface area contributed by atoms with E-state index in [4.69, 9.17) is 21.1 Å². The number of rotatable bonds is 1. The van der Waals surface area contributed by atoms with Crippen molar-refractivity contribution >= 4 is 28.5 Å². The fraction of sp³-hybridized carbons (Fsp3) is 0.100. The zero-order valence-electron chi connectivity index (χ0n) is 7.67. The topological polar surface area (TPSA) is 50.4 Å². The summed E-state index contributed by atoms with van der Waals surface area (Å²) in [7, 11) is 0. The molecule has 0 aliphatic carbocycles. The van der Waals surface area contributed by atoms with Crippen molar-refractivity contribution in [1.29, 1.82) is 0 Å². The summed E-state index contributed by atoms with van der Waals surface area (Å²) in [6.07, 6.45) is 0. The molecule has 0 saturated heterocycles. The molecule has 2 aromatic rings. The van der Waals surface area contributed by atoms with Gasteiger partial charge < -0.3 is 9.52 Å². The summed E-state index contributed by atoms with van der Waals surface area (Å²) in [5.74, 6) is -2.21. The maximum Gasteiger partial charge on any atom is 0.372 e. The first-order chi connectivity index (χ1) is 7.02. The second kappa shape index (κ2) is 3.24. The van der Waals surface area contributed by atoms with Crippen molar-refractivity contribution in [3.8, 4) is 0 Å². The molecule has 1 N–H and O–H groups in total. The molecular formula is C10H6ClFO3. The summed E-state index contributed by atoms with van der Waals surface area (Å²) < 4.78 is 18.3. The van der Waals surface area contributed by atoms with Gasteiger partial charge in [0.05, 0.1) is 5.02 Å². The van der Waals surface area contributed by atoms with Crippen molar-refractivity contribution in [2.24, 2.45) is 0 Å². The average molecular weight is 229 g/mol. The van der Waals surface area contributed by atoms with Crippen molar-refractivity contribution in [3.63, 3.8) is 0 Å². The van der Waals surface area contributed by atoms with Crippen LogP contribution < -0.4 is 0 Å². The normalized spacial score (nSPS) is 10.9. The van der Waals surface area contributed by atoms with Crippen LogP contribution in [-0.2, 0) is 0 Å². The van der Waals surface area contributed by atoms with E-state index >= 15 is 0 Å². The van der Waals surface area contributed by atoms with Gasteiger partial charge in [0.15, 0.2) is 11.4 Å². The first-order valence-corrected chi connectivity index (χ1v) is 4.50. The SMILES string of the molecule is Cc1c(C(=O)O)oc2c(F)c(Cl)ccc12. The highest BCUT2D eigenvalue weighted by Gasteiger charge is 2.19. The second-order valence-electron chi connectivity index (χ2n) is 3.10. The van der Waals surface area contributed by atoms with Gasteiger partial charge in [-0.15, -0.1) is 0 Å². The molecule has 3 nitrogen and oxygen atoms in total. The Balaban J connectivity index is 2.88. The Hall–Kier alpha value is -1.55. The monoisotopic (exact) mass is 228 g/mol. The number of halogens is 2. The van der Waals surface area contributed by atoms with Crippen LogP contribution in [0.5, 0.6) is 0 Å². The van der Waals surface area contributed by atoms with Crippen LogP contribution in [0.3, 0.4) is 0 Å². The first kappa shape index (κ1) is 9.98. The maximum absolute atomic E-state index is 13.4. The van der Waals surface area contributed by atoms with Crippen LogP contribution in [0.15, 0.2) is 16.5 Å². The first-order valence-electron chi connectivity index (χ1n) is 4.12. The molecule has 2 rings (SSSR count). The predicted molar refractivity (Wildman–Crippen MR) is 52.9 cm³/mol. The number of carboxylic acids is 1. The smallest absolute Gasteiger partial charge is 0.372 e. The fourth-order valence-electron chi connectivity index (χ4n) is 1.43. The van der Waals surface area contributed by atoms with Gasteiger partial charge in [-0.3, -0.25) is 0 Å². The zero-order chi connectivity index (χ0) is 11.2. The molecule has 0 unspecified atom stereocenters. The van der Waals surface area contributed by atoms with Crippen molar-refractivity contribution in [3.05, 3.63) is 34.3 Å². The molecule has 1 aromatic heterocycles. The van der Waals surface area contributed by atoms with Gasteiger partial charge in [-0.05, 0) is 19.1 Å². The van der Waals surface area contributed by atoms with Crippen LogP contribution in [0.2, 0.25) is 5.02 Å². The van der Waals surface area contributed by atoms with E-state index in [9.17, 15) is 9.18 Å². The van der Waals surface area contributed by atoms with Gasteiger partial charge in [0.2, 0.25) is 5.76 Å². The van der Waals surface area contributed by atoms with E-state index in [0.29, 0.717) is 10.9 Å². The lowest BCUT2D eigenvalue weighted by Crippen LogP contribution is -1.94. The van der Waals surface area contributed by atoms with E-state index in [1.165, 1.54) is 12.1 Å². The lowest BCUT2D eigenvalue weighted by Gasteiger charge is -1.93. The van der Waals surface area contributed by atoms with E-state index in [-0.39, 0.29) is 16.4 Å². The number of fused-ring (bicyclic) bond motifs is 1. The van der Waals surface area contributed by atoms with Crippen LogP contribution in [0, 0.1) is 12.7 Å². The number of aryl methyl sites for hydroxylation is 1. The summed E-state index contributed by atoms with van der Waals surface area (Å²) in [4.78, 5) is 10.7. The Bertz CT molecular complexity index is 559. The van der Waals surface area contributed by atoms with Gasteiger partial charge in [-0.2, -0.15) is 0 Å². The van der Waals surface area contributed by atoms with E-state index < -0.39 is 11.8 Å². The lowest BCUT2D eigenvalue weighted by molar-refractivity contribution is 0.0663. The van der Waals surface area contributed by atoms with Gasteiger partial charge in [-0.1, -0.05) is 11.6 Å². The summed E-state index contributed by atoms with van der Waals surface area (Å²) in [6.45, 7) is 1.56. The van der Waals surface area contributed by atoms with Crippen molar-refractivity contribution in [2.45, 2.75) is 6.92 Å². The molecule has 0 bridgehead atoms. The van der Waals surface area contributed by atoms with Crippen LogP contribution in [0.25, 0.3) is 11.0 Å². The summed E-state index contributed by atoms with van der Waals surface area (Å²) in [5.41, 5.74) is 0.283. The third-order valence-corrected chi connectivity index (χ3v) is 2.48. The highest BCUT2D eigenvalue weighted by atomic mass is 35.5. The maximum atomic E-state index is 13.4. The molecule has 1 aromatic carbocycles. The summed E-state index contributed by atoms with van der Waals surface area (Å²) in [5, 5.41) is 9.11. The average Bonchev–Trinajstić information content (AvgIpc) is 2.51. The van der Waals surface area contributed by atoms with E-state index in [0.717, 1.165) is 0 Å². The number of hydrogen-bond donors (Lipinski definition) is 1. The van der Waals surface area contributed by atoms with Gasteiger partial charge >= 0.3 is 5.97 Å². The molecule has 78 valence electrons. The molecule has 0 atom stereocenters. The molecule has 0 spiro atoms. The Morgan fingerprint density at radius 3 is 2.80 bits per heavy atom. The minimum atomic E-state index is -1.22. The third-order valence-electron chi connectivity index (χ3n) is 2.19. The minimum Gasteiger partial charge on any atom is -0.475 e. The van der Waals surface area contributed by atoms with Crippen LogP contribution in [0.1, 0.15) is 16.1 Å². The molecular weight excluding hydrogens is 223 g/mol. The Kier molecular flexibility index (Phi) is 2.16. The van der Waals surface area contributed by atoms with Crippen LogP contribution in [0.4, 0.5) is 4.39 Å². The summed E-state index contributed by atoms with van der Waals surface area (Å²) in [6, 6.07) is 2.90. The largest absolute Gasteiger partial charge is 0.475 e. The predicted octanol–water partition coefficient (Wildman–Crippen LogP) is 3.23. The number of furan rings is 1. The highest BCUT2D eigenvalue weighted by molar-refractivity contribution is 6.31. The Labute approximate surface area is 89.1 Å². The Morgan fingerprint density at radius 1 is 1.53 bits per heavy atom. The van der Waals surface area contributed by atoms with Gasteiger partial charge in [0, 0.05) is 10.9 Å². The van der Waals surface area contributed by atoms with Crippen LogP contribution in [-0.4, -0.2) is 11.1 Å². The highest BCUT2D eigenvalue weighted by Crippen LogP contribution is 2.30. The van der Waals surface area contributed by atoms with Crippen molar-refractivity contribution < 1.29 is 18.7 Å². The summed E-state index contributed by atoms with van der Waals surface area (Å²) >= 11 is 5.55. The molecule has 0 fully saturated rings. The number of carbonyl (C=O) groups is 1. The van der Waals surface area contributed by atoms with E-state index in [1.54, 1.807) is 6.92 Å². The van der Waals surface area contributed by atoms with Gasteiger partial charge in [0.1, 0.15) is 0 Å². The van der Waals surface area contributed by atoms with Crippen molar-refractivity contribution in [2.75, 3.05) is 0 Å². The van der Waals surface area contributed by atoms with Crippen molar-refractivity contribution in [1.82, 2.24) is 0 Å². The lowest BCUT2D eigenvalue weighted by atomic mass is 10.1. The molecule has 0 aliphatic rings. The standard InChI is InChI=1S/C10H6ClFO3/c1-4-5-2-3-6(11)7(12)9(5)15-8(4)10(13)14/h2-3H,1H3,(H,13,14). The van der Waals surface area contributed by atoms with Gasteiger partial charge in [0.25, 0.3) is 0 Å². The molecule has 0 aliphatic heterocycles. The molecule has 5 heteroatoms. The van der Waals surface area contributed by atoms with E-state index in [2.05, 4.69) is 0 Å². The molecule has 0 saturated carbocycles. The quantitative estimate of drug-likeness (QED) is 0.815. The number of benzene rings is 1. The second-order valence-corrected chi connectivity index (χ2v) is 3.51. The van der Waals surface area contributed by atoms with Crippen LogP contribution >= 0.6 is 11.6 Å². The fourth-order valence-corrected chi connectivity index (χ4v) is 1.58. The Morgan fingerprint density at radius 2 is 2.20 bits per heavy atom. The molecule has 0 radical (unpaired) electrons. The minimum absolute atomic E-state index is 0.0896. The number of aromatic carboxylic acids is 1. The number of carboxylic acid groups (broad SMARTS) is 1. The number of hydrogen-bond acceptors (Lipinski definition) is 2. The zero-order valence-corrected chi connectivity index (χ0v) is 8.43. The molecule has 1 heterocycles.